The molecule has 1 aromatic heterocycles. The minimum atomic E-state index is -0.818. The Labute approximate surface area is 172 Å². The Morgan fingerprint density at radius 2 is 1.54 bits per heavy atom. The fraction of sp³-hybridized carbons (Fsp3) is 0.0476. The number of Topliss-reactive ketones (excluding diaryl/α,β-unsaturated/α-hetero) is 1. The van der Waals surface area contributed by atoms with Crippen molar-refractivity contribution in [3.05, 3.63) is 91.1 Å². The van der Waals surface area contributed by atoms with E-state index in [2.05, 4.69) is 15.9 Å². The SMILES string of the molecule is O=C(COC(=O)c1cccc2c1C(=O)c1ccccc1C2=O)c1ccc(Br)s1. The van der Waals surface area contributed by atoms with Gasteiger partial charge in [-0.15, -0.1) is 11.3 Å². The molecule has 0 bridgehead atoms. The van der Waals surface area contributed by atoms with Crippen molar-refractivity contribution in [2.75, 3.05) is 6.61 Å². The standard InChI is InChI=1S/C21H11BrO5S/c22-17-9-8-16(28-17)15(23)10-27-21(26)14-7-3-6-13-18(14)20(25)12-5-2-1-4-11(12)19(13)24/h1-9H,10H2. The number of hydrogen-bond acceptors (Lipinski definition) is 6. The van der Waals surface area contributed by atoms with Crippen LogP contribution in [0.4, 0.5) is 0 Å². The molecule has 0 spiro atoms. The van der Waals surface area contributed by atoms with Crippen molar-refractivity contribution in [3.63, 3.8) is 0 Å². The van der Waals surface area contributed by atoms with E-state index < -0.39 is 18.4 Å². The summed E-state index contributed by atoms with van der Waals surface area (Å²) in [4.78, 5) is 50.8. The highest BCUT2D eigenvalue weighted by molar-refractivity contribution is 9.11. The van der Waals surface area contributed by atoms with Crippen molar-refractivity contribution in [1.82, 2.24) is 0 Å². The van der Waals surface area contributed by atoms with Gasteiger partial charge in [-0.05, 0) is 34.1 Å². The van der Waals surface area contributed by atoms with Crippen LogP contribution in [0.25, 0.3) is 0 Å². The second kappa shape index (κ2) is 7.26. The van der Waals surface area contributed by atoms with Gasteiger partial charge in [0.15, 0.2) is 18.2 Å². The lowest BCUT2D eigenvalue weighted by Crippen LogP contribution is -2.25. The van der Waals surface area contributed by atoms with Gasteiger partial charge in [-0.2, -0.15) is 0 Å². The summed E-state index contributed by atoms with van der Waals surface area (Å²) in [6, 6.07) is 14.3. The van der Waals surface area contributed by atoms with E-state index in [0.717, 1.165) is 3.79 Å². The molecule has 0 N–H and O–H groups in total. The van der Waals surface area contributed by atoms with Crippen molar-refractivity contribution < 1.29 is 23.9 Å². The highest BCUT2D eigenvalue weighted by Gasteiger charge is 2.33. The summed E-state index contributed by atoms with van der Waals surface area (Å²) in [7, 11) is 0. The Bertz CT molecular complexity index is 1160. The van der Waals surface area contributed by atoms with Crippen LogP contribution in [0.5, 0.6) is 0 Å². The third-order valence-electron chi connectivity index (χ3n) is 4.35. The number of hydrogen-bond donors (Lipinski definition) is 0. The van der Waals surface area contributed by atoms with Crippen LogP contribution in [0, 0.1) is 0 Å². The topological polar surface area (TPSA) is 77.5 Å². The molecule has 3 aromatic rings. The summed E-state index contributed by atoms with van der Waals surface area (Å²) in [5.74, 6) is -1.89. The summed E-state index contributed by atoms with van der Waals surface area (Å²) in [5.41, 5.74) is 0.712. The first-order valence-electron chi connectivity index (χ1n) is 8.24. The minimum absolute atomic E-state index is 0.0162. The highest BCUT2D eigenvalue weighted by atomic mass is 79.9. The number of thiophene rings is 1. The summed E-state index contributed by atoms with van der Waals surface area (Å²) in [6.07, 6.45) is 0. The van der Waals surface area contributed by atoms with Crippen LogP contribution in [0.15, 0.2) is 58.4 Å². The molecule has 7 heteroatoms. The monoisotopic (exact) mass is 454 g/mol. The first kappa shape index (κ1) is 18.5. The average molecular weight is 455 g/mol. The summed E-state index contributed by atoms with van der Waals surface area (Å²) >= 11 is 4.51. The summed E-state index contributed by atoms with van der Waals surface area (Å²) in [6.45, 7) is -0.450. The normalized spacial score (nSPS) is 12.3. The van der Waals surface area contributed by atoms with Crippen LogP contribution in [0.1, 0.15) is 51.9 Å². The van der Waals surface area contributed by atoms with Gasteiger partial charge in [0, 0.05) is 22.3 Å². The van der Waals surface area contributed by atoms with E-state index in [1.165, 1.54) is 29.5 Å². The maximum absolute atomic E-state index is 12.9. The van der Waals surface area contributed by atoms with Crippen molar-refractivity contribution in [3.8, 4) is 0 Å². The van der Waals surface area contributed by atoms with Crippen LogP contribution < -0.4 is 0 Å². The molecule has 5 nitrogen and oxygen atoms in total. The molecule has 0 aliphatic heterocycles. The fourth-order valence-corrected chi connectivity index (χ4v) is 4.37. The Kier molecular flexibility index (Phi) is 4.78. The number of halogens is 1. The molecule has 0 amide bonds. The highest BCUT2D eigenvalue weighted by Crippen LogP contribution is 2.30. The van der Waals surface area contributed by atoms with E-state index in [9.17, 15) is 19.2 Å². The predicted octanol–water partition coefficient (Wildman–Crippen LogP) is 4.33. The lowest BCUT2D eigenvalue weighted by atomic mass is 9.82. The molecule has 0 fully saturated rings. The van der Waals surface area contributed by atoms with E-state index in [0.29, 0.717) is 10.4 Å². The summed E-state index contributed by atoms with van der Waals surface area (Å²) in [5, 5.41) is 0. The molecular weight excluding hydrogens is 444 g/mol. The van der Waals surface area contributed by atoms with E-state index in [4.69, 9.17) is 4.74 Å². The number of esters is 1. The van der Waals surface area contributed by atoms with Crippen LogP contribution in [-0.4, -0.2) is 29.9 Å². The van der Waals surface area contributed by atoms with Crippen LogP contribution >= 0.6 is 27.3 Å². The third-order valence-corrected chi connectivity index (χ3v) is 6.02. The molecular formula is C21H11BrO5S. The van der Waals surface area contributed by atoms with E-state index in [1.807, 2.05) is 0 Å². The molecule has 0 unspecified atom stereocenters. The number of fused-ring (bicyclic) bond motifs is 2. The Morgan fingerprint density at radius 3 is 2.21 bits per heavy atom. The molecule has 2 aromatic carbocycles. The zero-order valence-electron chi connectivity index (χ0n) is 14.2. The number of rotatable bonds is 4. The van der Waals surface area contributed by atoms with Crippen LogP contribution in [0.3, 0.4) is 0 Å². The Hall–Kier alpha value is -2.90. The molecule has 1 aliphatic rings. The molecule has 0 saturated heterocycles. The fourth-order valence-electron chi connectivity index (χ4n) is 3.06. The first-order chi connectivity index (χ1) is 13.5. The molecule has 0 saturated carbocycles. The van der Waals surface area contributed by atoms with E-state index in [1.54, 1.807) is 36.4 Å². The molecule has 0 radical (unpaired) electrons. The average Bonchev–Trinajstić information content (AvgIpc) is 3.16. The number of benzene rings is 2. The van der Waals surface area contributed by atoms with E-state index in [-0.39, 0.29) is 33.8 Å². The number of carbonyl (C=O) groups is 4. The first-order valence-corrected chi connectivity index (χ1v) is 9.85. The Morgan fingerprint density at radius 1 is 0.857 bits per heavy atom. The van der Waals surface area contributed by atoms with Crippen molar-refractivity contribution in [2.24, 2.45) is 0 Å². The zero-order valence-corrected chi connectivity index (χ0v) is 16.6. The quantitative estimate of drug-likeness (QED) is 0.338. The molecule has 28 heavy (non-hydrogen) atoms. The molecule has 1 aliphatic carbocycles. The summed E-state index contributed by atoms with van der Waals surface area (Å²) < 4.78 is 5.92. The van der Waals surface area contributed by atoms with Gasteiger partial charge < -0.3 is 4.74 Å². The van der Waals surface area contributed by atoms with Gasteiger partial charge in [0.2, 0.25) is 5.78 Å². The van der Waals surface area contributed by atoms with Crippen LogP contribution in [0.2, 0.25) is 0 Å². The largest absolute Gasteiger partial charge is 0.454 e. The van der Waals surface area contributed by atoms with E-state index >= 15 is 0 Å². The van der Waals surface area contributed by atoms with Gasteiger partial charge in [-0.25, -0.2) is 4.79 Å². The van der Waals surface area contributed by atoms with Gasteiger partial charge in [-0.1, -0.05) is 36.4 Å². The number of ketones is 3. The number of ether oxygens (including phenoxy) is 1. The molecule has 1 heterocycles. The maximum Gasteiger partial charge on any atom is 0.339 e. The smallest absolute Gasteiger partial charge is 0.339 e. The predicted molar refractivity (Wildman–Crippen MR) is 106 cm³/mol. The Balaban J connectivity index is 1.63. The van der Waals surface area contributed by atoms with Gasteiger partial charge in [0.1, 0.15) is 0 Å². The minimum Gasteiger partial charge on any atom is -0.454 e. The maximum atomic E-state index is 12.9. The lowest BCUT2D eigenvalue weighted by Gasteiger charge is -2.19. The molecule has 138 valence electrons. The van der Waals surface area contributed by atoms with Gasteiger partial charge in [0.25, 0.3) is 0 Å². The van der Waals surface area contributed by atoms with Crippen molar-refractivity contribution in [2.45, 2.75) is 0 Å². The zero-order chi connectivity index (χ0) is 19.8. The molecule has 0 atom stereocenters. The molecule has 4 rings (SSSR count). The van der Waals surface area contributed by atoms with Gasteiger partial charge in [0.05, 0.1) is 14.2 Å². The van der Waals surface area contributed by atoms with Crippen molar-refractivity contribution >= 4 is 50.6 Å². The second-order valence-corrected chi connectivity index (χ2v) is 8.50. The number of carbonyl (C=O) groups excluding carboxylic acids is 4. The van der Waals surface area contributed by atoms with Gasteiger partial charge >= 0.3 is 5.97 Å². The third kappa shape index (κ3) is 3.12. The second-order valence-electron chi connectivity index (χ2n) is 6.04. The van der Waals surface area contributed by atoms with Crippen LogP contribution in [-0.2, 0) is 4.74 Å². The van der Waals surface area contributed by atoms with Crippen molar-refractivity contribution in [1.29, 1.82) is 0 Å². The van der Waals surface area contributed by atoms with Gasteiger partial charge in [-0.3, -0.25) is 14.4 Å². The lowest BCUT2D eigenvalue weighted by molar-refractivity contribution is 0.0474.